The molecule has 3 aliphatic heterocycles. The Hall–Kier alpha value is -2.46. The maximum atomic E-state index is 13.7. The highest BCUT2D eigenvalue weighted by Crippen LogP contribution is 2.45. The van der Waals surface area contributed by atoms with E-state index in [2.05, 4.69) is 11.1 Å². The summed E-state index contributed by atoms with van der Waals surface area (Å²) in [7, 11) is 0. The van der Waals surface area contributed by atoms with Gasteiger partial charge < -0.3 is 14.5 Å². The number of rotatable bonds is 2. The quantitative estimate of drug-likeness (QED) is 0.809. The molecule has 7 heteroatoms. The summed E-state index contributed by atoms with van der Waals surface area (Å²) < 4.78 is 19.4. The zero-order valence-corrected chi connectivity index (χ0v) is 14.5. The van der Waals surface area contributed by atoms with Gasteiger partial charge in [-0.15, -0.1) is 0 Å². The Kier molecular flexibility index (Phi) is 4.37. The maximum absolute atomic E-state index is 13.7. The summed E-state index contributed by atoms with van der Waals surface area (Å²) >= 11 is 0. The highest BCUT2D eigenvalue weighted by Gasteiger charge is 2.55. The van der Waals surface area contributed by atoms with E-state index in [9.17, 15) is 14.4 Å². The Balaban J connectivity index is 1.64. The van der Waals surface area contributed by atoms with Gasteiger partial charge in [-0.3, -0.25) is 4.79 Å². The smallest absolute Gasteiger partial charge is 0.231 e. The van der Waals surface area contributed by atoms with Crippen molar-refractivity contribution in [3.8, 4) is 6.07 Å². The standard InChI is InChI=1S/C19H21FN4O2/c20-16-4-2-7-23(11-16)18(25)19-5-8-26-12-15(19)10-24(13-19)17-14(9-21)3-1-6-22-17/h1,3-4,6,15H,2,5,7-8,10-13H2. The van der Waals surface area contributed by atoms with Crippen molar-refractivity contribution in [3.05, 3.63) is 35.8 Å². The van der Waals surface area contributed by atoms with Crippen LogP contribution in [0.1, 0.15) is 18.4 Å². The van der Waals surface area contributed by atoms with E-state index in [0.29, 0.717) is 57.1 Å². The van der Waals surface area contributed by atoms with Gasteiger partial charge in [-0.1, -0.05) is 0 Å². The molecular weight excluding hydrogens is 335 g/mol. The maximum Gasteiger partial charge on any atom is 0.231 e. The van der Waals surface area contributed by atoms with E-state index in [1.165, 1.54) is 0 Å². The van der Waals surface area contributed by atoms with Gasteiger partial charge in [0.05, 0.1) is 24.1 Å². The van der Waals surface area contributed by atoms with E-state index >= 15 is 0 Å². The Morgan fingerprint density at radius 3 is 3.19 bits per heavy atom. The van der Waals surface area contributed by atoms with E-state index in [0.717, 1.165) is 0 Å². The summed E-state index contributed by atoms with van der Waals surface area (Å²) in [5.74, 6) is 0.398. The number of anilines is 1. The first-order chi connectivity index (χ1) is 12.6. The normalized spacial score (nSPS) is 28.3. The second kappa shape index (κ2) is 6.69. The van der Waals surface area contributed by atoms with E-state index < -0.39 is 5.41 Å². The van der Waals surface area contributed by atoms with Crippen LogP contribution in [-0.2, 0) is 9.53 Å². The second-order valence-electron chi connectivity index (χ2n) is 7.21. The molecule has 1 aromatic heterocycles. The van der Waals surface area contributed by atoms with Gasteiger partial charge >= 0.3 is 0 Å². The van der Waals surface area contributed by atoms with E-state index in [1.54, 1.807) is 29.3 Å². The van der Waals surface area contributed by atoms with Crippen LogP contribution < -0.4 is 4.90 Å². The van der Waals surface area contributed by atoms with Crippen LogP contribution in [0, 0.1) is 22.7 Å². The lowest BCUT2D eigenvalue weighted by molar-refractivity contribution is -0.150. The number of nitriles is 1. The molecule has 2 saturated heterocycles. The average molecular weight is 356 g/mol. The van der Waals surface area contributed by atoms with Gasteiger partial charge in [0.1, 0.15) is 17.7 Å². The topological polar surface area (TPSA) is 69.5 Å². The fourth-order valence-corrected chi connectivity index (χ4v) is 4.39. The highest BCUT2D eigenvalue weighted by atomic mass is 19.1. The van der Waals surface area contributed by atoms with Gasteiger partial charge in [-0.2, -0.15) is 5.26 Å². The summed E-state index contributed by atoms with van der Waals surface area (Å²) in [5, 5.41) is 9.38. The van der Waals surface area contributed by atoms with Crippen LogP contribution in [0.5, 0.6) is 0 Å². The molecule has 0 saturated carbocycles. The summed E-state index contributed by atoms with van der Waals surface area (Å²) in [5.41, 5.74) is -0.0956. The van der Waals surface area contributed by atoms with Gasteiger partial charge in [-0.25, -0.2) is 9.37 Å². The number of halogens is 1. The SMILES string of the molecule is N#Cc1cccnc1N1CC2COCCC2(C(=O)N2CCC=C(F)C2)C1. The monoisotopic (exact) mass is 356 g/mol. The minimum absolute atomic E-state index is 0.00555. The molecule has 2 atom stereocenters. The predicted molar refractivity (Wildman–Crippen MR) is 92.9 cm³/mol. The van der Waals surface area contributed by atoms with Gasteiger partial charge in [-0.05, 0) is 31.1 Å². The predicted octanol–water partition coefficient (Wildman–Crippen LogP) is 1.88. The van der Waals surface area contributed by atoms with Gasteiger partial charge in [0.15, 0.2) is 0 Å². The lowest BCUT2D eigenvalue weighted by Crippen LogP contribution is -2.53. The molecule has 1 aromatic rings. The molecule has 0 bridgehead atoms. The summed E-state index contributed by atoms with van der Waals surface area (Å²) in [6.07, 6.45) is 4.38. The van der Waals surface area contributed by atoms with Crippen molar-refractivity contribution < 1.29 is 13.9 Å². The van der Waals surface area contributed by atoms with Gasteiger partial charge in [0.2, 0.25) is 5.91 Å². The molecule has 4 rings (SSSR count). The van der Waals surface area contributed by atoms with Crippen molar-refractivity contribution in [3.63, 3.8) is 0 Å². The molecule has 1 amide bonds. The molecule has 2 fully saturated rings. The fraction of sp³-hybridized carbons (Fsp3) is 0.526. The van der Waals surface area contributed by atoms with Crippen molar-refractivity contribution in [2.75, 3.05) is 44.3 Å². The van der Waals surface area contributed by atoms with E-state index in [1.807, 2.05) is 4.90 Å². The summed E-state index contributed by atoms with van der Waals surface area (Å²) in [6, 6.07) is 5.65. The third kappa shape index (κ3) is 2.74. The molecule has 0 N–H and O–H groups in total. The summed E-state index contributed by atoms with van der Waals surface area (Å²) in [6.45, 7) is 2.74. The first-order valence-electron chi connectivity index (χ1n) is 8.96. The number of hydrogen-bond acceptors (Lipinski definition) is 5. The molecule has 6 nitrogen and oxygen atoms in total. The Bertz CT molecular complexity index is 790. The number of aromatic nitrogens is 1. The zero-order valence-electron chi connectivity index (χ0n) is 14.5. The number of nitrogens with zero attached hydrogens (tertiary/aromatic N) is 4. The number of amides is 1. The van der Waals surface area contributed by atoms with E-state index in [-0.39, 0.29) is 24.2 Å². The number of ether oxygens (including phenoxy) is 1. The van der Waals surface area contributed by atoms with Gasteiger partial charge in [0.25, 0.3) is 0 Å². The Morgan fingerprint density at radius 1 is 1.50 bits per heavy atom. The number of hydrogen-bond donors (Lipinski definition) is 0. The Labute approximate surface area is 151 Å². The lowest BCUT2D eigenvalue weighted by atomic mass is 9.73. The van der Waals surface area contributed by atoms with Crippen molar-refractivity contribution in [1.82, 2.24) is 9.88 Å². The van der Waals surface area contributed by atoms with Crippen LogP contribution in [0.25, 0.3) is 0 Å². The first kappa shape index (κ1) is 17.0. The van der Waals surface area contributed by atoms with Crippen molar-refractivity contribution in [2.24, 2.45) is 11.3 Å². The lowest BCUT2D eigenvalue weighted by Gasteiger charge is -2.41. The molecule has 4 heterocycles. The molecule has 0 radical (unpaired) electrons. The second-order valence-corrected chi connectivity index (χ2v) is 7.21. The number of carbonyl (C=O) groups excluding carboxylic acids is 1. The molecule has 2 unspecified atom stereocenters. The average Bonchev–Trinajstić information content (AvgIpc) is 3.08. The molecule has 26 heavy (non-hydrogen) atoms. The number of pyridine rings is 1. The summed E-state index contributed by atoms with van der Waals surface area (Å²) in [4.78, 5) is 21.4. The number of fused-ring (bicyclic) bond motifs is 1. The fourth-order valence-electron chi connectivity index (χ4n) is 4.39. The van der Waals surface area contributed by atoms with Crippen LogP contribution in [-0.4, -0.2) is 55.2 Å². The van der Waals surface area contributed by atoms with Crippen molar-refractivity contribution in [2.45, 2.75) is 12.8 Å². The molecule has 0 spiro atoms. The van der Waals surface area contributed by atoms with Crippen molar-refractivity contribution >= 4 is 11.7 Å². The third-order valence-corrected chi connectivity index (χ3v) is 5.73. The largest absolute Gasteiger partial charge is 0.381 e. The molecular formula is C19H21FN4O2. The van der Waals surface area contributed by atoms with Crippen LogP contribution in [0.2, 0.25) is 0 Å². The van der Waals surface area contributed by atoms with Crippen molar-refractivity contribution in [1.29, 1.82) is 5.26 Å². The van der Waals surface area contributed by atoms with Crippen LogP contribution in [0.3, 0.4) is 0 Å². The minimum Gasteiger partial charge on any atom is -0.381 e. The molecule has 0 aromatic carbocycles. The van der Waals surface area contributed by atoms with E-state index in [4.69, 9.17) is 4.74 Å². The first-order valence-corrected chi connectivity index (χ1v) is 8.96. The Morgan fingerprint density at radius 2 is 2.38 bits per heavy atom. The number of carbonyl (C=O) groups is 1. The van der Waals surface area contributed by atoms with Crippen LogP contribution >= 0.6 is 0 Å². The molecule has 0 aliphatic carbocycles. The van der Waals surface area contributed by atoms with Gasteiger partial charge in [0, 0.05) is 38.4 Å². The molecule has 136 valence electrons. The third-order valence-electron chi connectivity index (χ3n) is 5.73. The van der Waals surface area contributed by atoms with Crippen LogP contribution in [0.4, 0.5) is 10.2 Å². The highest BCUT2D eigenvalue weighted by molar-refractivity contribution is 5.85. The minimum atomic E-state index is -0.597. The zero-order chi connectivity index (χ0) is 18.1. The van der Waals surface area contributed by atoms with Crippen LogP contribution in [0.15, 0.2) is 30.2 Å². The molecule has 3 aliphatic rings.